The summed E-state index contributed by atoms with van der Waals surface area (Å²) >= 11 is 0. The van der Waals surface area contributed by atoms with Crippen molar-refractivity contribution in [3.05, 3.63) is 84.5 Å². The standard InChI is InChI=1S/C12H16F3N.C8H12Si.CH2O3.ClH/c1-3-16-9(2)7-10-5-4-6-11(8-10)12(13,14)15;1-5-9(6-2,7-3)8-4;2-1(3)4;/h4-6,8-9,16H,3,7H2,1-2H3;5-8H,1-4H2;(H2,2,3,4);1H. The summed E-state index contributed by atoms with van der Waals surface area (Å²) in [4.78, 5) is 8.56. The van der Waals surface area contributed by atoms with Gasteiger partial charge in [0, 0.05) is 6.04 Å². The molecule has 1 atom stereocenters. The molecule has 0 aliphatic carbocycles. The molecule has 0 saturated carbocycles. The van der Waals surface area contributed by atoms with Gasteiger partial charge in [0.1, 0.15) is 8.07 Å². The maximum atomic E-state index is 12.4. The lowest BCUT2D eigenvalue weighted by Gasteiger charge is -2.13. The number of halogens is 4. The van der Waals surface area contributed by atoms with Gasteiger partial charge >= 0.3 is 12.3 Å². The highest BCUT2D eigenvalue weighted by Crippen LogP contribution is 2.29. The van der Waals surface area contributed by atoms with Crippen molar-refractivity contribution in [3.8, 4) is 0 Å². The molecular formula is C21H31ClF3NO3Si. The van der Waals surface area contributed by atoms with Crippen molar-refractivity contribution in [2.24, 2.45) is 0 Å². The smallest absolute Gasteiger partial charge is 0.450 e. The van der Waals surface area contributed by atoms with Crippen LogP contribution in [0.4, 0.5) is 18.0 Å². The van der Waals surface area contributed by atoms with Crippen LogP contribution in [0.1, 0.15) is 25.0 Å². The fraction of sp³-hybridized carbons (Fsp3) is 0.286. The van der Waals surface area contributed by atoms with Crippen LogP contribution in [0.3, 0.4) is 0 Å². The first kappa shape index (κ1) is 32.4. The first-order valence-corrected chi connectivity index (χ1v) is 11.1. The highest BCUT2D eigenvalue weighted by Gasteiger charge is 2.30. The van der Waals surface area contributed by atoms with Gasteiger partial charge in [-0.3, -0.25) is 0 Å². The maximum Gasteiger partial charge on any atom is 0.503 e. The molecule has 0 fully saturated rings. The van der Waals surface area contributed by atoms with Crippen LogP contribution in [0.25, 0.3) is 0 Å². The predicted molar refractivity (Wildman–Crippen MR) is 123 cm³/mol. The summed E-state index contributed by atoms with van der Waals surface area (Å²) in [6, 6.07) is 5.68. The van der Waals surface area contributed by atoms with Crippen LogP contribution in [0.2, 0.25) is 0 Å². The summed E-state index contributed by atoms with van der Waals surface area (Å²) in [5, 5.41) is 17.1. The van der Waals surface area contributed by atoms with E-state index < -0.39 is 26.0 Å². The van der Waals surface area contributed by atoms with Crippen molar-refractivity contribution >= 4 is 26.6 Å². The molecule has 170 valence electrons. The van der Waals surface area contributed by atoms with E-state index >= 15 is 0 Å². The lowest BCUT2D eigenvalue weighted by Crippen LogP contribution is -2.27. The van der Waals surface area contributed by atoms with Gasteiger partial charge < -0.3 is 15.5 Å². The van der Waals surface area contributed by atoms with Crippen LogP contribution >= 0.6 is 12.4 Å². The van der Waals surface area contributed by atoms with Gasteiger partial charge in [0.2, 0.25) is 0 Å². The molecule has 0 aliphatic rings. The van der Waals surface area contributed by atoms with Crippen molar-refractivity contribution in [3.63, 3.8) is 0 Å². The largest absolute Gasteiger partial charge is 0.503 e. The molecule has 4 nitrogen and oxygen atoms in total. The molecule has 0 bridgehead atoms. The third-order valence-electron chi connectivity index (χ3n) is 3.76. The lowest BCUT2D eigenvalue weighted by atomic mass is 10.0. The molecule has 0 heterocycles. The Morgan fingerprint density at radius 1 is 1.13 bits per heavy atom. The molecule has 9 heteroatoms. The highest BCUT2D eigenvalue weighted by molar-refractivity contribution is 6.97. The van der Waals surface area contributed by atoms with E-state index in [1.54, 1.807) is 6.07 Å². The molecule has 0 aromatic heterocycles. The summed E-state index contributed by atoms with van der Waals surface area (Å²) in [7, 11) is -1.64. The highest BCUT2D eigenvalue weighted by atomic mass is 35.5. The normalized spacial score (nSPS) is 11.1. The Balaban J connectivity index is -0.000000443. The summed E-state index contributed by atoms with van der Waals surface area (Å²) in [5.74, 6) is 0. The number of rotatable bonds is 8. The summed E-state index contributed by atoms with van der Waals surface area (Å²) < 4.78 is 37.3. The molecule has 30 heavy (non-hydrogen) atoms. The zero-order chi connectivity index (χ0) is 23.1. The Bertz CT molecular complexity index is 640. The molecular weight excluding hydrogens is 435 g/mol. The number of benzene rings is 1. The fourth-order valence-corrected chi connectivity index (χ4v) is 3.15. The minimum atomic E-state index is -4.25. The number of nitrogens with one attached hydrogen (secondary N) is 1. The summed E-state index contributed by atoms with van der Waals surface area (Å²) in [5.41, 5.74) is 7.69. The zero-order valence-corrected chi connectivity index (χ0v) is 19.1. The monoisotopic (exact) mass is 465 g/mol. The molecule has 3 N–H and O–H groups in total. The SMILES string of the molecule is C=C[Si](C=C)(C=C)C=C.CCNC(C)Cc1cccc(C(F)(F)F)c1.Cl.O=C(O)O. The van der Waals surface area contributed by atoms with Crippen molar-refractivity contribution < 1.29 is 28.2 Å². The molecule has 0 aliphatic heterocycles. The maximum absolute atomic E-state index is 12.4. The van der Waals surface area contributed by atoms with Gasteiger partial charge in [-0.2, -0.15) is 13.2 Å². The van der Waals surface area contributed by atoms with Crippen molar-refractivity contribution in [2.75, 3.05) is 6.54 Å². The first-order chi connectivity index (χ1) is 13.4. The second-order valence-corrected chi connectivity index (χ2v) is 9.59. The Hall–Kier alpha value is -2.29. The van der Waals surface area contributed by atoms with E-state index in [-0.39, 0.29) is 18.4 Å². The van der Waals surface area contributed by atoms with E-state index in [0.717, 1.165) is 12.6 Å². The molecule has 0 saturated heterocycles. The second kappa shape index (κ2) is 16.5. The van der Waals surface area contributed by atoms with Crippen LogP contribution in [0.5, 0.6) is 0 Å². The summed E-state index contributed by atoms with van der Waals surface area (Å²) in [6.07, 6.45) is -5.48. The van der Waals surface area contributed by atoms with Crippen molar-refractivity contribution in [2.45, 2.75) is 32.5 Å². The Labute approximate surface area is 183 Å². The van der Waals surface area contributed by atoms with Crippen molar-refractivity contribution in [1.29, 1.82) is 0 Å². The third-order valence-corrected chi connectivity index (χ3v) is 6.59. The van der Waals surface area contributed by atoms with Gasteiger partial charge in [0.15, 0.2) is 0 Å². The van der Waals surface area contributed by atoms with Crippen LogP contribution in [0.15, 0.2) is 73.4 Å². The van der Waals surface area contributed by atoms with E-state index in [1.807, 2.05) is 36.6 Å². The number of carbonyl (C=O) groups is 1. The predicted octanol–water partition coefficient (Wildman–Crippen LogP) is 6.23. The molecule has 1 aromatic rings. The van der Waals surface area contributed by atoms with Crippen LogP contribution in [-0.4, -0.2) is 37.0 Å². The quantitative estimate of drug-likeness (QED) is 0.398. The number of alkyl halides is 3. The van der Waals surface area contributed by atoms with E-state index in [0.29, 0.717) is 12.0 Å². The first-order valence-electron chi connectivity index (χ1n) is 8.77. The molecule has 1 unspecified atom stereocenters. The third kappa shape index (κ3) is 14.7. The van der Waals surface area contributed by atoms with Gasteiger partial charge in [0.05, 0.1) is 5.56 Å². The number of hydrogen-bond acceptors (Lipinski definition) is 2. The number of hydrogen-bond donors (Lipinski definition) is 3. The topological polar surface area (TPSA) is 69.6 Å². The van der Waals surface area contributed by atoms with Gasteiger partial charge in [-0.05, 0) is 31.5 Å². The van der Waals surface area contributed by atoms with Gasteiger partial charge in [-0.25, -0.2) is 4.79 Å². The van der Waals surface area contributed by atoms with Gasteiger partial charge in [-0.15, -0.1) is 38.7 Å². The van der Waals surface area contributed by atoms with E-state index in [2.05, 4.69) is 31.6 Å². The van der Waals surface area contributed by atoms with Crippen molar-refractivity contribution in [1.82, 2.24) is 5.32 Å². The van der Waals surface area contributed by atoms with E-state index in [9.17, 15) is 13.2 Å². The average Bonchev–Trinajstić information content (AvgIpc) is 2.64. The van der Waals surface area contributed by atoms with Gasteiger partial charge in [0.25, 0.3) is 0 Å². The average molecular weight is 466 g/mol. The molecule has 1 aromatic carbocycles. The lowest BCUT2D eigenvalue weighted by molar-refractivity contribution is -0.137. The van der Waals surface area contributed by atoms with Crippen LogP contribution < -0.4 is 5.32 Å². The van der Waals surface area contributed by atoms with Gasteiger partial charge in [-0.1, -0.05) is 47.9 Å². The van der Waals surface area contributed by atoms with Crippen LogP contribution in [-0.2, 0) is 12.6 Å². The minimum Gasteiger partial charge on any atom is -0.450 e. The van der Waals surface area contributed by atoms with E-state index in [4.69, 9.17) is 15.0 Å². The Morgan fingerprint density at radius 3 is 1.87 bits per heavy atom. The molecule has 0 radical (unpaired) electrons. The summed E-state index contributed by atoms with van der Waals surface area (Å²) in [6.45, 7) is 19.5. The second-order valence-electron chi connectivity index (χ2n) is 5.96. The fourth-order valence-electron chi connectivity index (χ4n) is 2.15. The molecule has 0 amide bonds. The minimum absolute atomic E-state index is 0. The Morgan fingerprint density at radius 2 is 1.57 bits per heavy atom. The van der Waals surface area contributed by atoms with E-state index in [1.165, 1.54) is 12.1 Å². The Kier molecular flexibility index (Phi) is 17.8. The number of likely N-dealkylation sites (N-methyl/N-ethyl adjacent to an activating group) is 1. The molecule has 0 spiro atoms. The van der Waals surface area contributed by atoms with Crippen LogP contribution in [0, 0.1) is 0 Å². The zero-order valence-electron chi connectivity index (χ0n) is 17.3. The number of carboxylic acid groups (broad SMARTS) is 2. The molecule has 1 rings (SSSR count).